The Morgan fingerprint density at radius 2 is 2.11 bits per heavy atom. The zero-order valence-corrected chi connectivity index (χ0v) is 11.6. The van der Waals surface area contributed by atoms with Crippen LogP contribution in [-0.4, -0.2) is 16.6 Å². The highest BCUT2D eigenvalue weighted by Gasteiger charge is 2.16. The van der Waals surface area contributed by atoms with E-state index in [4.69, 9.17) is 4.74 Å². The molecule has 0 aliphatic carbocycles. The van der Waals surface area contributed by atoms with Crippen molar-refractivity contribution in [2.75, 3.05) is 6.61 Å². The van der Waals surface area contributed by atoms with E-state index in [0.29, 0.717) is 23.8 Å². The number of rotatable bonds is 7. The van der Waals surface area contributed by atoms with E-state index < -0.39 is 11.0 Å². The lowest BCUT2D eigenvalue weighted by Crippen LogP contribution is -2.10. The first kappa shape index (κ1) is 15.4. The molecule has 0 fully saturated rings. The van der Waals surface area contributed by atoms with Crippen molar-refractivity contribution in [2.24, 2.45) is 5.92 Å². The van der Waals surface area contributed by atoms with Crippen LogP contribution in [0.3, 0.4) is 0 Å². The smallest absolute Gasteiger partial charge is 0.270 e. The number of ether oxygens (including phenoxy) is 1. The number of nitrogens with zero attached hydrogens (tertiary/aromatic N) is 1. The maximum absolute atomic E-state index is 10.7. The molecular formula is C14H21NO4. The van der Waals surface area contributed by atoms with Crippen LogP contribution >= 0.6 is 0 Å². The minimum Gasteiger partial charge on any atom is -0.493 e. The van der Waals surface area contributed by atoms with Crippen molar-refractivity contribution in [1.29, 1.82) is 0 Å². The summed E-state index contributed by atoms with van der Waals surface area (Å²) in [5, 5.41) is 20.4. The van der Waals surface area contributed by atoms with Gasteiger partial charge in [0, 0.05) is 17.7 Å². The molecule has 5 heteroatoms. The molecule has 2 atom stereocenters. The van der Waals surface area contributed by atoms with E-state index in [1.807, 2.05) is 0 Å². The predicted molar refractivity (Wildman–Crippen MR) is 73.3 cm³/mol. The first-order valence-corrected chi connectivity index (χ1v) is 6.54. The molecule has 0 heterocycles. The Hall–Kier alpha value is -1.62. The lowest BCUT2D eigenvalue weighted by atomic mass is 10.1. The van der Waals surface area contributed by atoms with Crippen molar-refractivity contribution in [1.82, 2.24) is 0 Å². The van der Waals surface area contributed by atoms with Gasteiger partial charge < -0.3 is 9.84 Å². The Bertz CT molecular complexity index is 431. The Labute approximate surface area is 113 Å². The van der Waals surface area contributed by atoms with Gasteiger partial charge in [-0.1, -0.05) is 20.3 Å². The quantitative estimate of drug-likeness (QED) is 0.606. The number of nitro groups is 1. The number of benzene rings is 1. The Morgan fingerprint density at radius 3 is 2.63 bits per heavy atom. The zero-order chi connectivity index (χ0) is 14.4. The van der Waals surface area contributed by atoms with E-state index in [-0.39, 0.29) is 5.69 Å². The molecule has 5 nitrogen and oxygen atoms in total. The molecule has 106 valence electrons. The molecule has 0 saturated heterocycles. The predicted octanol–water partition coefficient (Wildman–Crippen LogP) is 3.46. The van der Waals surface area contributed by atoms with Gasteiger partial charge in [0.1, 0.15) is 5.75 Å². The van der Waals surface area contributed by atoms with Gasteiger partial charge >= 0.3 is 0 Å². The van der Waals surface area contributed by atoms with E-state index in [1.54, 1.807) is 13.0 Å². The Balaban J connectivity index is 2.85. The Morgan fingerprint density at radius 1 is 1.42 bits per heavy atom. The molecule has 1 aromatic rings. The van der Waals surface area contributed by atoms with Crippen LogP contribution in [0.1, 0.15) is 45.3 Å². The van der Waals surface area contributed by atoms with E-state index in [2.05, 4.69) is 13.8 Å². The van der Waals surface area contributed by atoms with Gasteiger partial charge in [0.05, 0.1) is 17.6 Å². The first-order chi connectivity index (χ1) is 8.95. The minimum atomic E-state index is -0.795. The topological polar surface area (TPSA) is 72.6 Å². The fourth-order valence-electron chi connectivity index (χ4n) is 1.92. The molecule has 0 radical (unpaired) electrons. The van der Waals surface area contributed by atoms with Crippen LogP contribution in [0.25, 0.3) is 0 Å². The van der Waals surface area contributed by atoms with Gasteiger partial charge in [-0.3, -0.25) is 10.1 Å². The monoisotopic (exact) mass is 267 g/mol. The summed E-state index contributed by atoms with van der Waals surface area (Å²) in [6.07, 6.45) is 1.36. The molecule has 0 amide bonds. The molecule has 0 aliphatic heterocycles. The summed E-state index contributed by atoms with van der Waals surface area (Å²) in [5.41, 5.74) is 0.419. The lowest BCUT2D eigenvalue weighted by molar-refractivity contribution is -0.385. The van der Waals surface area contributed by atoms with Crippen molar-refractivity contribution in [3.05, 3.63) is 33.9 Å². The van der Waals surface area contributed by atoms with Crippen LogP contribution in [0.5, 0.6) is 5.75 Å². The molecule has 1 rings (SSSR count). The van der Waals surface area contributed by atoms with E-state index in [9.17, 15) is 15.2 Å². The summed E-state index contributed by atoms with van der Waals surface area (Å²) in [6, 6.07) is 4.31. The molecule has 1 aromatic carbocycles. The van der Waals surface area contributed by atoms with Gasteiger partial charge in [0.2, 0.25) is 0 Å². The third-order valence-corrected chi connectivity index (χ3v) is 2.96. The standard InChI is InChI=1S/C14H21NO4/c1-4-5-10(2)9-19-14-7-6-12(15(17)18)8-13(14)11(3)16/h6-8,10-11,16H,4-5,9H2,1-3H3/t10?,11-/m0/s1. The second-order valence-corrected chi connectivity index (χ2v) is 4.86. The summed E-state index contributed by atoms with van der Waals surface area (Å²) in [6.45, 7) is 6.33. The van der Waals surface area contributed by atoms with Gasteiger partial charge in [0.25, 0.3) is 5.69 Å². The molecule has 0 saturated carbocycles. The molecule has 0 bridgehead atoms. The molecule has 0 aromatic heterocycles. The number of non-ortho nitro benzene ring substituents is 1. The highest BCUT2D eigenvalue weighted by atomic mass is 16.6. The largest absolute Gasteiger partial charge is 0.493 e. The highest BCUT2D eigenvalue weighted by molar-refractivity contribution is 5.44. The van der Waals surface area contributed by atoms with Crippen LogP contribution in [0.2, 0.25) is 0 Å². The third kappa shape index (κ3) is 4.52. The number of hydrogen-bond acceptors (Lipinski definition) is 4. The fourth-order valence-corrected chi connectivity index (χ4v) is 1.92. The van der Waals surface area contributed by atoms with Gasteiger partial charge in [-0.05, 0) is 25.3 Å². The van der Waals surface area contributed by atoms with Crippen LogP contribution in [0.4, 0.5) is 5.69 Å². The van der Waals surface area contributed by atoms with Crippen molar-refractivity contribution < 1.29 is 14.8 Å². The van der Waals surface area contributed by atoms with Gasteiger partial charge in [-0.25, -0.2) is 0 Å². The minimum absolute atomic E-state index is 0.0372. The Kier molecular flexibility index (Phi) is 5.76. The molecule has 19 heavy (non-hydrogen) atoms. The van der Waals surface area contributed by atoms with Gasteiger partial charge in [0.15, 0.2) is 0 Å². The van der Waals surface area contributed by atoms with Crippen LogP contribution in [0.15, 0.2) is 18.2 Å². The number of hydrogen-bond donors (Lipinski definition) is 1. The zero-order valence-electron chi connectivity index (χ0n) is 11.6. The number of aliphatic hydroxyl groups is 1. The normalized spacial score (nSPS) is 13.9. The first-order valence-electron chi connectivity index (χ1n) is 6.54. The summed E-state index contributed by atoms with van der Waals surface area (Å²) < 4.78 is 5.66. The van der Waals surface area contributed by atoms with E-state index in [1.165, 1.54) is 12.1 Å². The fraction of sp³-hybridized carbons (Fsp3) is 0.571. The second-order valence-electron chi connectivity index (χ2n) is 4.86. The van der Waals surface area contributed by atoms with Crippen LogP contribution < -0.4 is 4.74 Å². The maximum atomic E-state index is 10.7. The molecule has 0 aliphatic rings. The lowest BCUT2D eigenvalue weighted by Gasteiger charge is -2.16. The number of aliphatic hydroxyl groups excluding tert-OH is 1. The van der Waals surface area contributed by atoms with Crippen LogP contribution in [-0.2, 0) is 0 Å². The molecule has 0 spiro atoms. The van der Waals surface area contributed by atoms with Crippen molar-refractivity contribution in [3.63, 3.8) is 0 Å². The highest BCUT2D eigenvalue weighted by Crippen LogP contribution is 2.29. The summed E-state index contributed by atoms with van der Waals surface area (Å²) >= 11 is 0. The maximum Gasteiger partial charge on any atom is 0.270 e. The summed E-state index contributed by atoms with van der Waals surface area (Å²) in [5.74, 6) is 0.936. The van der Waals surface area contributed by atoms with Gasteiger partial charge in [-0.15, -0.1) is 0 Å². The van der Waals surface area contributed by atoms with Crippen molar-refractivity contribution in [3.8, 4) is 5.75 Å². The second kappa shape index (κ2) is 7.09. The van der Waals surface area contributed by atoms with Gasteiger partial charge in [-0.2, -0.15) is 0 Å². The number of nitro benzene ring substituents is 1. The van der Waals surface area contributed by atoms with E-state index >= 15 is 0 Å². The third-order valence-electron chi connectivity index (χ3n) is 2.96. The summed E-state index contributed by atoms with van der Waals surface area (Å²) in [7, 11) is 0. The van der Waals surface area contributed by atoms with Crippen molar-refractivity contribution in [2.45, 2.75) is 39.7 Å². The average Bonchev–Trinajstić information content (AvgIpc) is 2.36. The average molecular weight is 267 g/mol. The van der Waals surface area contributed by atoms with Crippen LogP contribution in [0, 0.1) is 16.0 Å². The van der Waals surface area contributed by atoms with E-state index in [0.717, 1.165) is 12.8 Å². The molecule has 1 unspecified atom stereocenters. The molecular weight excluding hydrogens is 246 g/mol. The SMILES string of the molecule is CCCC(C)COc1ccc([N+](=O)[O-])cc1[C@H](C)O. The molecule has 1 N–H and O–H groups in total. The van der Waals surface area contributed by atoms with Crippen molar-refractivity contribution >= 4 is 5.69 Å². The summed E-state index contributed by atoms with van der Waals surface area (Å²) in [4.78, 5) is 10.2.